The van der Waals surface area contributed by atoms with Crippen LogP contribution in [0.25, 0.3) is 0 Å². The highest BCUT2D eigenvalue weighted by molar-refractivity contribution is 6.30. The monoisotopic (exact) mass is 297 g/mol. The zero-order valence-corrected chi connectivity index (χ0v) is 12.3. The Morgan fingerprint density at radius 3 is 2.60 bits per heavy atom. The minimum atomic E-state index is -0.962. The average molecular weight is 298 g/mol. The molecule has 1 aromatic rings. The summed E-state index contributed by atoms with van der Waals surface area (Å²) in [5, 5.41) is 19.9. The number of halogens is 1. The summed E-state index contributed by atoms with van der Waals surface area (Å²) in [5.41, 5.74) is 0.359. The van der Waals surface area contributed by atoms with Gasteiger partial charge >= 0.3 is 5.97 Å². The molecule has 0 saturated heterocycles. The maximum Gasteiger partial charge on any atom is 0.325 e. The summed E-state index contributed by atoms with van der Waals surface area (Å²) in [6, 6.07) is 3.91. The van der Waals surface area contributed by atoms with Crippen LogP contribution in [0.2, 0.25) is 5.02 Å². The van der Waals surface area contributed by atoms with E-state index in [1.54, 1.807) is 6.07 Å². The molecule has 5 heteroatoms. The number of hydrogen-bond donors (Lipinski definition) is 2. The first-order valence-electron chi connectivity index (χ1n) is 6.94. The van der Waals surface area contributed by atoms with Crippen molar-refractivity contribution in [1.29, 1.82) is 0 Å². The van der Waals surface area contributed by atoms with Crippen molar-refractivity contribution in [1.82, 2.24) is 4.90 Å². The first-order valence-corrected chi connectivity index (χ1v) is 7.31. The van der Waals surface area contributed by atoms with Crippen molar-refractivity contribution >= 4 is 17.6 Å². The highest BCUT2D eigenvalue weighted by Crippen LogP contribution is 2.34. The molecule has 110 valence electrons. The molecule has 1 unspecified atom stereocenters. The molecule has 1 saturated carbocycles. The van der Waals surface area contributed by atoms with Crippen molar-refractivity contribution in [3.05, 3.63) is 28.8 Å². The number of benzene rings is 1. The molecule has 0 heterocycles. The molecule has 1 aliphatic rings. The van der Waals surface area contributed by atoms with Crippen LogP contribution in [0.3, 0.4) is 0 Å². The normalized spacial score (nSPS) is 18.1. The van der Waals surface area contributed by atoms with E-state index < -0.39 is 12.0 Å². The smallest absolute Gasteiger partial charge is 0.325 e. The maximum absolute atomic E-state index is 11.7. The predicted octanol–water partition coefficient (Wildman–Crippen LogP) is 3.44. The van der Waals surface area contributed by atoms with Crippen molar-refractivity contribution in [2.45, 2.75) is 44.2 Å². The minimum absolute atomic E-state index is 0.0236. The van der Waals surface area contributed by atoms with Gasteiger partial charge in [0.1, 0.15) is 11.8 Å². The maximum atomic E-state index is 11.7. The highest BCUT2D eigenvalue weighted by atomic mass is 35.5. The van der Waals surface area contributed by atoms with Crippen molar-refractivity contribution in [3.63, 3.8) is 0 Å². The third kappa shape index (κ3) is 3.25. The number of hydrogen-bond acceptors (Lipinski definition) is 3. The molecule has 0 aliphatic heterocycles. The number of likely N-dealkylation sites (N-methyl/N-ethyl adjacent to an activating group) is 1. The molecule has 1 fully saturated rings. The second-order valence-electron chi connectivity index (χ2n) is 5.40. The lowest BCUT2D eigenvalue weighted by molar-refractivity contribution is -0.144. The van der Waals surface area contributed by atoms with Gasteiger partial charge in [0.2, 0.25) is 0 Å². The fraction of sp³-hybridized carbons (Fsp3) is 0.533. The van der Waals surface area contributed by atoms with E-state index in [1.807, 2.05) is 11.9 Å². The predicted molar refractivity (Wildman–Crippen MR) is 78.1 cm³/mol. The van der Waals surface area contributed by atoms with Gasteiger partial charge in [0.25, 0.3) is 0 Å². The third-order valence-electron chi connectivity index (χ3n) is 4.08. The van der Waals surface area contributed by atoms with Crippen LogP contribution in [0.4, 0.5) is 0 Å². The van der Waals surface area contributed by atoms with Gasteiger partial charge in [-0.3, -0.25) is 9.69 Å². The number of aromatic hydroxyl groups is 1. The highest BCUT2D eigenvalue weighted by Gasteiger charge is 2.32. The largest absolute Gasteiger partial charge is 0.508 e. The number of carboxylic acids is 1. The van der Waals surface area contributed by atoms with Crippen LogP contribution >= 0.6 is 11.6 Å². The molecule has 20 heavy (non-hydrogen) atoms. The molecular formula is C15H20ClNO3. The number of rotatable bonds is 4. The van der Waals surface area contributed by atoms with Gasteiger partial charge in [0.05, 0.1) is 0 Å². The van der Waals surface area contributed by atoms with E-state index >= 15 is 0 Å². The molecule has 0 aromatic heterocycles. The Balaban J connectivity index is 2.30. The second-order valence-corrected chi connectivity index (χ2v) is 5.84. The number of phenols is 1. The Labute approximate surface area is 124 Å². The van der Waals surface area contributed by atoms with Gasteiger partial charge in [0.15, 0.2) is 0 Å². The Morgan fingerprint density at radius 2 is 2.00 bits per heavy atom. The molecule has 2 rings (SSSR count). The molecule has 1 aliphatic carbocycles. The standard InChI is InChI=1S/C15H20ClNO3/c1-17(11-5-3-2-4-6-11)14(15(19)20)12-9-10(16)7-8-13(12)18/h7-9,11,14,18H,2-6H2,1H3,(H,19,20). The molecular weight excluding hydrogens is 278 g/mol. The molecule has 0 radical (unpaired) electrons. The van der Waals surface area contributed by atoms with Gasteiger partial charge < -0.3 is 10.2 Å². The molecule has 4 nitrogen and oxygen atoms in total. The zero-order chi connectivity index (χ0) is 14.7. The lowest BCUT2D eigenvalue weighted by Gasteiger charge is -2.35. The third-order valence-corrected chi connectivity index (χ3v) is 4.31. The van der Waals surface area contributed by atoms with Crippen LogP contribution in [0.15, 0.2) is 18.2 Å². The molecule has 2 N–H and O–H groups in total. The average Bonchev–Trinajstić information content (AvgIpc) is 2.43. The van der Waals surface area contributed by atoms with Gasteiger partial charge in [0, 0.05) is 16.6 Å². The van der Waals surface area contributed by atoms with E-state index in [9.17, 15) is 15.0 Å². The van der Waals surface area contributed by atoms with E-state index in [4.69, 9.17) is 11.6 Å². The van der Waals surface area contributed by atoms with Crippen LogP contribution in [0, 0.1) is 0 Å². The number of phenolic OH excluding ortho intramolecular Hbond substituents is 1. The van der Waals surface area contributed by atoms with Crippen molar-refractivity contribution in [3.8, 4) is 5.75 Å². The first kappa shape index (κ1) is 15.1. The van der Waals surface area contributed by atoms with Gasteiger partial charge in [-0.05, 0) is 38.1 Å². The van der Waals surface area contributed by atoms with Crippen LogP contribution in [-0.2, 0) is 4.79 Å². The summed E-state index contributed by atoms with van der Waals surface area (Å²) in [4.78, 5) is 13.5. The molecule has 0 bridgehead atoms. The van der Waals surface area contributed by atoms with Crippen LogP contribution in [0.5, 0.6) is 5.75 Å². The lowest BCUT2D eigenvalue weighted by Crippen LogP contribution is -2.40. The molecule has 1 aromatic carbocycles. The topological polar surface area (TPSA) is 60.8 Å². The summed E-state index contributed by atoms with van der Waals surface area (Å²) >= 11 is 5.93. The van der Waals surface area contributed by atoms with Crippen LogP contribution in [-0.4, -0.2) is 34.2 Å². The van der Waals surface area contributed by atoms with Crippen molar-refractivity contribution in [2.75, 3.05) is 7.05 Å². The van der Waals surface area contributed by atoms with E-state index in [1.165, 1.54) is 18.6 Å². The van der Waals surface area contributed by atoms with Gasteiger partial charge in [-0.25, -0.2) is 0 Å². The Kier molecular flexibility index (Phi) is 4.89. The lowest BCUT2D eigenvalue weighted by atomic mass is 9.92. The fourth-order valence-electron chi connectivity index (χ4n) is 2.97. The first-order chi connectivity index (χ1) is 9.50. The Morgan fingerprint density at radius 1 is 1.35 bits per heavy atom. The number of nitrogens with zero attached hydrogens (tertiary/aromatic N) is 1. The Hall–Kier alpha value is -1.26. The number of aliphatic carboxylic acids is 1. The van der Waals surface area contributed by atoms with Crippen molar-refractivity contribution < 1.29 is 15.0 Å². The zero-order valence-electron chi connectivity index (χ0n) is 11.6. The number of carboxylic acid groups (broad SMARTS) is 1. The minimum Gasteiger partial charge on any atom is -0.508 e. The summed E-state index contributed by atoms with van der Waals surface area (Å²) in [5.74, 6) is -0.986. The summed E-state index contributed by atoms with van der Waals surface area (Å²) in [6.45, 7) is 0. The quantitative estimate of drug-likeness (QED) is 0.894. The SMILES string of the molecule is CN(C1CCCCC1)C(C(=O)O)c1cc(Cl)ccc1O. The van der Waals surface area contributed by atoms with Crippen molar-refractivity contribution in [2.24, 2.45) is 0 Å². The van der Waals surface area contributed by atoms with Crippen LogP contribution < -0.4 is 0 Å². The molecule has 0 spiro atoms. The second kappa shape index (κ2) is 6.46. The fourth-order valence-corrected chi connectivity index (χ4v) is 3.15. The summed E-state index contributed by atoms with van der Waals surface area (Å²) < 4.78 is 0. The Bertz CT molecular complexity index is 486. The van der Waals surface area contributed by atoms with E-state index in [2.05, 4.69) is 0 Å². The van der Waals surface area contributed by atoms with E-state index in [0.29, 0.717) is 10.6 Å². The summed E-state index contributed by atoms with van der Waals surface area (Å²) in [6.07, 6.45) is 5.47. The van der Waals surface area contributed by atoms with Gasteiger partial charge in [-0.15, -0.1) is 0 Å². The number of carbonyl (C=O) groups is 1. The van der Waals surface area contributed by atoms with E-state index in [0.717, 1.165) is 25.7 Å². The summed E-state index contributed by atoms with van der Waals surface area (Å²) in [7, 11) is 1.81. The van der Waals surface area contributed by atoms with Crippen LogP contribution in [0.1, 0.15) is 43.7 Å². The van der Waals surface area contributed by atoms with E-state index in [-0.39, 0.29) is 11.8 Å². The molecule has 1 atom stereocenters. The van der Waals surface area contributed by atoms with Gasteiger partial charge in [-0.1, -0.05) is 30.9 Å². The molecule has 0 amide bonds. The van der Waals surface area contributed by atoms with Gasteiger partial charge in [-0.2, -0.15) is 0 Å².